The summed E-state index contributed by atoms with van der Waals surface area (Å²) in [6, 6.07) is 7.62. The Kier molecular flexibility index (Phi) is 3.96. The topological polar surface area (TPSA) is 29.5 Å². The molecule has 0 aliphatic carbocycles. The van der Waals surface area contributed by atoms with Gasteiger partial charge >= 0.3 is 0 Å². The van der Waals surface area contributed by atoms with Gasteiger partial charge in [-0.25, -0.2) is 0 Å². The first-order valence-corrected chi connectivity index (χ1v) is 5.08. The van der Waals surface area contributed by atoms with Crippen LogP contribution in [0.15, 0.2) is 24.3 Å². The molecule has 0 spiro atoms. The van der Waals surface area contributed by atoms with E-state index in [0.717, 1.165) is 17.7 Å². The van der Waals surface area contributed by atoms with E-state index in [1.54, 1.807) is 6.92 Å². The smallest absolute Gasteiger partial charge is 0.125 e. The molecule has 0 aliphatic rings. The number of para-hydroxylation sites is 1. The van der Waals surface area contributed by atoms with Gasteiger partial charge in [-0.3, -0.25) is 0 Å². The molecule has 1 N–H and O–H groups in total. The van der Waals surface area contributed by atoms with E-state index in [9.17, 15) is 5.11 Å². The summed E-state index contributed by atoms with van der Waals surface area (Å²) >= 11 is 0. The maximum Gasteiger partial charge on any atom is 0.125 e. The van der Waals surface area contributed by atoms with Crippen LogP contribution >= 0.6 is 0 Å². The first kappa shape index (κ1) is 11.1. The second-order valence-corrected chi connectivity index (χ2v) is 3.55. The van der Waals surface area contributed by atoms with E-state index in [4.69, 9.17) is 4.74 Å². The molecule has 14 heavy (non-hydrogen) atoms. The highest BCUT2D eigenvalue weighted by Gasteiger charge is 2.09. The molecule has 0 fully saturated rings. The molecule has 2 heteroatoms. The summed E-state index contributed by atoms with van der Waals surface area (Å²) in [5.41, 5.74) is 0.854. The van der Waals surface area contributed by atoms with Crippen molar-refractivity contribution in [2.45, 2.75) is 39.4 Å². The largest absolute Gasteiger partial charge is 0.490 e. The quantitative estimate of drug-likeness (QED) is 0.798. The fourth-order valence-electron chi connectivity index (χ4n) is 1.23. The lowest BCUT2D eigenvalue weighted by Gasteiger charge is -2.17. The highest BCUT2D eigenvalue weighted by Crippen LogP contribution is 2.25. The standard InChI is InChI=1S/C12H18O2/c1-4-9(2)14-12-8-6-5-7-11(12)10(3)13/h5-10,13H,4H2,1-3H3. The van der Waals surface area contributed by atoms with Crippen LogP contribution in [0.5, 0.6) is 5.75 Å². The van der Waals surface area contributed by atoms with Gasteiger partial charge in [0.15, 0.2) is 0 Å². The van der Waals surface area contributed by atoms with Gasteiger partial charge < -0.3 is 9.84 Å². The van der Waals surface area contributed by atoms with Gasteiger partial charge in [0.1, 0.15) is 5.75 Å². The van der Waals surface area contributed by atoms with E-state index in [1.807, 2.05) is 31.2 Å². The number of hydrogen-bond acceptors (Lipinski definition) is 2. The fraction of sp³-hybridized carbons (Fsp3) is 0.500. The van der Waals surface area contributed by atoms with Crippen LogP contribution < -0.4 is 4.74 Å². The van der Waals surface area contributed by atoms with Gasteiger partial charge in [-0.2, -0.15) is 0 Å². The molecular weight excluding hydrogens is 176 g/mol. The summed E-state index contributed by atoms with van der Waals surface area (Å²) in [7, 11) is 0. The van der Waals surface area contributed by atoms with Crippen LogP contribution in [-0.2, 0) is 0 Å². The SMILES string of the molecule is CCC(C)Oc1ccccc1C(C)O. The van der Waals surface area contributed by atoms with Crippen LogP contribution in [-0.4, -0.2) is 11.2 Å². The molecule has 1 aromatic rings. The lowest BCUT2D eigenvalue weighted by Crippen LogP contribution is -2.11. The molecule has 1 aromatic carbocycles. The Balaban J connectivity index is 2.84. The number of ether oxygens (including phenoxy) is 1. The van der Waals surface area contributed by atoms with E-state index in [1.165, 1.54) is 0 Å². The molecule has 0 aromatic heterocycles. The third-order valence-electron chi connectivity index (χ3n) is 2.27. The first-order chi connectivity index (χ1) is 6.65. The van der Waals surface area contributed by atoms with Crippen molar-refractivity contribution in [2.24, 2.45) is 0 Å². The van der Waals surface area contributed by atoms with Crippen molar-refractivity contribution in [1.82, 2.24) is 0 Å². The summed E-state index contributed by atoms with van der Waals surface area (Å²) in [6.45, 7) is 5.85. The zero-order valence-electron chi connectivity index (χ0n) is 9.03. The van der Waals surface area contributed by atoms with Crippen molar-refractivity contribution < 1.29 is 9.84 Å². The first-order valence-electron chi connectivity index (χ1n) is 5.08. The second-order valence-electron chi connectivity index (χ2n) is 3.55. The van der Waals surface area contributed by atoms with Gasteiger partial charge in [-0.1, -0.05) is 25.1 Å². The minimum Gasteiger partial charge on any atom is -0.490 e. The monoisotopic (exact) mass is 194 g/mol. The van der Waals surface area contributed by atoms with E-state index in [0.29, 0.717) is 0 Å². The Hall–Kier alpha value is -1.02. The lowest BCUT2D eigenvalue weighted by molar-refractivity contribution is 0.176. The second kappa shape index (κ2) is 5.01. The van der Waals surface area contributed by atoms with Gasteiger partial charge in [-0.15, -0.1) is 0 Å². The zero-order valence-corrected chi connectivity index (χ0v) is 9.03. The number of aliphatic hydroxyl groups is 1. The van der Waals surface area contributed by atoms with Crippen LogP contribution in [0.3, 0.4) is 0 Å². The molecule has 0 saturated heterocycles. The van der Waals surface area contributed by atoms with Crippen molar-refractivity contribution in [3.63, 3.8) is 0 Å². The van der Waals surface area contributed by atoms with Gasteiger partial charge in [-0.05, 0) is 26.3 Å². The summed E-state index contributed by atoms with van der Waals surface area (Å²) < 4.78 is 5.70. The predicted molar refractivity (Wildman–Crippen MR) is 57.5 cm³/mol. The minimum absolute atomic E-state index is 0.190. The van der Waals surface area contributed by atoms with E-state index < -0.39 is 6.10 Å². The molecule has 2 atom stereocenters. The molecule has 0 bridgehead atoms. The highest BCUT2D eigenvalue weighted by atomic mass is 16.5. The Morgan fingerprint density at radius 3 is 2.50 bits per heavy atom. The molecule has 0 heterocycles. The van der Waals surface area contributed by atoms with Crippen LogP contribution in [0, 0.1) is 0 Å². The lowest BCUT2D eigenvalue weighted by atomic mass is 10.1. The predicted octanol–water partition coefficient (Wildman–Crippen LogP) is 2.92. The Morgan fingerprint density at radius 1 is 1.29 bits per heavy atom. The van der Waals surface area contributed by atoms with Gasteiger partial charge in [0, 0.05) is 5.56 Å². The third-order valence-corrected chi connectivity index (χ3v) is 2.27. The molecule has 1 rings (SSSR count). The van der Waals surface area contributed by atoms with Gasteiger partial charge in [0.05, 0.1) is 12.2 Å². The fourth-order valence-corrected chi connectivity index (χ4v) is 1.23. The Morgan fingerprint density at radius 2 is 1.93 bits per heavy atom. The van der Waals surface area contributed by atoms with Crippen molar-refractivity contribution >= 4 is 0 Å². The summed E-state index contributed by atoms with van der Waals surface area (Å²) in [4.78, 5) is 0. The number of rotatable bonds is 4. The summed E-state index contributed by atoms with van der Waals surface area (Å²) in [5.74, 6) is 0.789. The molecule has 2 unspecified atom stereocenters. The Labute approximate surface area is 85.5 Å². The van der Waals surface area contributed by atoms with Crippen molar-refractivity contribution in [1.29, 1.82) is 0 Å². The summed E-state index contributed by atoms with van der Waals surface area (Å²) in [6.07, 6.45) is 0.680. The normalized spacial score (nSPS) is 14.9. The average molecular weight is 194 g/mol. The van der Waals surface area contributed by atoms with Crippen molar-refractivity contribution in [3.05, 3.63) is 29.8 Å². The van der Waals surface area contributed by atoms with Crippen LogP contribution in [0.2, 0.25) is 0 Å². The summed E-state index contributed by atoms with van der Waals surface area (Å²) in [5, 5.41) is 9.51. The molecule has 0 aliphatic heterocycles. The number of aliphatic hydroxyl groups excluding tert-OH is 1. The van der Waals surface area contributed by atoms with E-state index in [2.05, 4.69) is 6.92 Å². The molecule has 2 nitrogen and oxygen atoms in total. The molecule has 0 saturated carbocycles. The molecule has 0 amide bonds. The van der Waals surface area contributed by atoms with Crippen molar-refractivity contribution in [2.75, 3.05) is 0 Å². The molecule has 78 valence electrons. The highest BCUT2D eigenvalue weighted by molar-refractivity contribution is 5.34. The van der Waals surface area contributed by atoms with E-state index in [-0.39, 0.29) is 6.10 Å². The minimum atomic E-state index is -0.477. The average Bonchev–Trinajstić information content (AvgIpc) is 2.18. The van der Waals surface area contributed by atoms with Crippen LogP contribution in [0.1, 0.15) is 38.9 Å². The number of benzene rings is 1. The van der Waals surface area contributed by atoms with Crippen LogP contribution in [0.25, 0.3) is 0 Å². The Bertz CT molecular complexity index is 281. The number of hydrogen-bond donors (Lipinski definition) is 1. The third kappa shape index (κ3) is 2.74. The maximum absolute atomic E-state index is 9.51. The zero-order chi connectivity index (χ0) is 10.6. The van der Waals surface area contributed by atoms with E-state index >= 15 is 0 Å². The van der Waals surface area contributed by atoms with Crippen LogP contribution in [0.4, 0.5) is 0 Å². The van der Waals surface area contributed by atoms with Gasteiger partial charge in [0.25, 0.3) is 0 Å². The maximum atomic E-state index is 9.51. The molecular formula is C12H18O2. The van der Waals surface area contributed by atoms with Crippen molar-refractivity contribution in [3.8, 4) is 5.75 Å². The molecule has 0 radical (unpaired) electrons. The van der Waals surface area contributed by atoms with Gasteiger partial charge in [0.2, 0.25) is 0 Å².